The van der Waals surface area contributed by atoms with E-state index in [0.717, 1.165) is 16.9 Å². The molecule has 1 aromatic rings. The lowest BCUT2D eigenvalue weighted by Crippen LogP contribution is -2.31. The normalized spacial score (nSPS) is 12.7. The minimum atomic E-state index is -0.487. The first-order chi connectivity index (χ1) is 9.10. The van der Waals surface area contributed by atoms with Gasteiger partial charge in [0.1, 0.15) is 5.75 Å². The van der Waals surface area contributed by atoms with Gasteiger partial charge in [-0.2, -0.15) is 0 Å². The van der Waals surface area contributed by atoms with E-state index in [2.05, 4.69) is 0 Å². The van der Waals surface area contributed by atoms with Crippen LogP contribution < -0.4 is 10.5 Å². The van der Waals surface area contributed by atoms with Crippen LogP contribution in [0.2, 0.25) is 0 Å². The van der Waals surface area contributed by atoms with Crippen LogP contribution in [0.4, 0.5) is 0 Å². The number of nitrogens with zero attached hydrogens (tertiary/aromatic N) is 1. The van der Waals surface area contributed by atoms with Gasteiger partial charge in [0, 0.05) is 32.3 Å². The highest BCUT2D eigenvalue weighted by Crippen LogP contribution is 2.21. The Bertz CT molecular complexity index is 385. The number of hydrogen-bond donors (Lipinski definition) is 2. The Morgan fingerprint density at radius 1 is 1.37 bits per heavy atom. The molecule has 108 valence electrons. The van der Waals surface area contributed by atoms with Gasteiger partial charge >= 0.3 is 0 Å². The number of nitrogens with two attached hydrogens (primary N) is 1. The average Bonchev–Trinajstić information content (AvgIpc) is 2.38. The zero-order valence-corrected chi connectivity index (χ0v) is 11.9. The minimum absolute atomic E-state index is 0.338. The van der Waals surface area contributed by atoms with Crippen LogP contribution in [0, 0.1) is 0 Å². The highest BCUT2D eigenvalue weighted by molar-refractivity contribution is 5.37. The predicted molar refractivity (Wildman–Crippen MR) is 75.1 cm³/mol. The van der Waals surface area contributed by atoms with Crippen LogP contribution in [-0.2, 0) is 17.8 Å². The minimum Gasteiger partial charge on any atom is -0.496 e. The molecule has 1 unspecified atom stereocenters. The molecular weight excluding hydrogens is 244 g/mol. The summed E-state index contributed by atoms with van der Waals surface area (Å²) in [6.07, 6.45) is -0.487. The molecule has 0 amide bonds. The van der Waals surface area contributed by atoms with E-state index in [4.69, 9.17) is 15.2 Å². The van der Waals surface area contributed by atoms with Crippen LogP contribution in [0.1, 0.15) is 11.1 Å². The van der Waals surface area contributed by atoms with Gasteiger partial charge in [-0.1, -0.05) is 6.07 Å². The van der Waals surface area contributed by atoms with Crippen molar-refractivity contribution in [2.24, 2.45) is 5.73 Å². The highest BCUT2D eigenvalue weighted by Gasteiger charge is 2.11. The third-order valence-electron chi connectivity index (χ3n) is 2.90. The Morgan fingerprint density at radius 3 is 2.68 bits per heavy atom. The molecule has 0 saturated heterocycles. The second-order valence-electron chi connectivity index (χ2n) is 4.66. The fourth-order valence-corrected chi connectivity index (χ4v) is 2.04. The molecule has 1 atom stereocenters. The van der Waals surface area contributed by atoms with Gasteiger partial charge in [0.15, 0.2) is 0 Å². The Balaban J connectivity index is 2.68. The van der Waals surface area contributed by atoms with Crippen molar-refractivity contribution in [3.8, 4) is 5.75 Å². The van der Waals surface area contributed by atoms with Crippen molar-refractivity contribution >= 4 is 0 Å². The molecule has 1 rings (SSSR count). The van der Waals surface area contributed by atoms with Gasteiger partial charge < -0.3 is 20.3 Å². The SMILES string of the molecule is COCC(O)CN(C)Cc1cc(CN)ccc1OC. The third-order valence-corrected chi connectivity index (χ3v) is 2.90. The Kier molecular flexibility index (Phi) is 6.80. The van der Waals surface area contributed by atoms with Gasteiger partial charge in [0.25, 0.3) is 0 Å². The molecule has 0 bridgehead atoms. The summed E-state index contributed by atoms with van der Waals surface area (Å²) in [5, 5.41) is 9.71. The molecule has 0 radical (unpaired) electrons. The summed E-state index contributed by atoms with van der Waals surface area (Å²) in [7, 11) is 5.19. The average molecular weight is 268 g/mol. The van der Waals surface area contributed by atoms with Crippen LogP contribution in [0.15, 0.2) is 18.2 Å². The number of aliphatic hydroxyl groups excluding tert-OH is 1. The van der Waals surface area contributed by atoms with E-state index in [0.29, 0.717) is 26.2 Å². The second kappa shape index (κ2) is 8.12. The van der Waals surface area contributed by atoms with Gasteiger partial charge in [-0.25, -0.2) is 0 Å². The summed E-state index contributed by atoms with van der Waals surface area (Å²) in [6.45, 7) is 2.08. The molecule has 5 nitrogen and oxygen atoms in total. The monoisotopic (exact) mass is 268 g/mol. The summed E-state index contributed by atoms with van der Waals surface area (Å²) in [6, 6.07) is 5.93. The van der Waals surface area contributed by atoms with E-state index in [1.807, 2.05) is 30.1 Å². The van der Waals surface area contributed by atoms with Gasteiger partial charge in [-0.05, 0) is 24.7 Å². The first-order valence-corrected chi connectivity index (χ1v) is 6.32. The number of ether oxygens (including phenoxy) is 2. The summed E-state index contributed by atoms with van der Waals surface area (Å²) in [5.74, 6) is 0.838. The van der Waals surface area contributed by atoms with Crippen LogP contribution in [0.5, 0.6) is 5.75 Å². The van der Waals surface area contributed by atoms with Gasteiger partial charge in [-0.15, -0.1) is 0 Å². The molecule has 0 aliphatic rings. The molecule has 0 spiro atoms. The summed E-state index contributed by atoms with van der Waals surface area (Å²) in [5.41, 5.74) is 7.79. The first-order valence-electron chi connectivity index (χ1n) is 6.32. The van der Waals surface area contributed by atoms with Crippen molar-refractivity contribution in [2.75, 3.05) is 34.4 Å². The molecule has 5 heteroatoms. The predicted octanol–water partition coefficient (Wildman–Crippen LogP) is 0.593. The molecule has 0 aromatic heterocycles. The van der Waals surface area contributed by atoms with E-state index in [9.17, 15) is 5.11 Å². The van der Waals surface area contributed by atoms with Crippen molar-refractivity contribution in [1.29, 1.82) is 0 Å². The second-order valence-corrected chi connectivity index (χ2v) is 4.66. The molecular formula is C14H24N2O3. The van der Waals surface area contributed by atoms with Crippen molar-refractivity contribution in [2.45, 2.75) is 19.2 Å². The molecule has 3 N–H and O–H groups in total. The molecule has 0 aliphatic heterocycles. The lowest BCUT2D eigenvalue weighted by Gasteiger charge is -2.21. The van der Waals surface area contributed by atoms with Crippen molar-refractivity contribution in [1.82, 2.24) is 4.90 Å². The molecule has 0 fully saturated rings. The largest absolute Gasteiger partial charge is 0.496 e. The number of hydrogen-bond acceptors (Lipinski definition) is 5. The number of likely N-dealkylation sites (N-methyl/N-ethyl adjacent to an activating group) is 1. The summed E-state index contributed by atoms with van der Waals surface area (Å²) >= 11 is 0. The quantitative estimate of drug-likeness (QED) is 0.722. The van der Waals surface area contributed by atoms with Crippen LogP contribution in [0.3, 0.4) is 0 Å². The summed E-state index contributed by atoms with van der Waals surface area (Å²) < 4.78 is 10.3. The van der Waals surface area contributed by atoms with Crippen molar-refractivity contribution in [3.63, 3.8) is 0 Å². The number of methoxy groups -OCH3 is 2. The van der Waals surface area contributed by atoms with E-state index in [1.165, 1.54) is 0 Å². The van der Waals surface area contributed by atoms with E-state index in [-0.39, 0.29) is 0 Å². The third kappa shape index (κ3) is 5.16. The van der Waals surface area contributed by atoms with E-state index < -0.39 is 6.10 Å². The highest BCUT2D eigenvalue weighted by atomic mass is 16.5. The zero-order chi connectivity index (χ0) is 14.3. The van der Waals surface area contributed by atoms with Gasteiger partial charge in [0.2, 0.25) is 0 Å². The zero-order valence-electron chi connectivity index (χ0n) is 11.9. The Labute approximate surface area is 114 Å². The number of benzene rings is 1. The molecule has 0 aliphatic carbocycles. The fraction of sp³-hybridized carbons (Fsp3) is 0.571. The smallest absolute Gasteiger partial charge is 0.123 e. The maximum atomic E-state index is 9.71. The topological polar surface area (TPSA) is 68.0 Å². The standard InChI is InChI=1S/C14H24N2O3/c1-16(9-13(17)10-18-2)8-12-6-11(7-15)4-5-14(12)19-3/h4-6,13,17H,7-10,15H2,1-3H3. The maximum absolute atomic E-state index is 9.71. The van der Waals surface area contributed by atoms with Crippen molar-refractivity contribution < 1.29 is 14.6 Å². The van der Waals surface area contributed by atoms with Crippen LogP contribution >= 0.6 is 0 Å². The fourth-order valence-electron chi connectivity index (χ4n) is 2.04. The molecule has 1 aromatic carbocycles. The van der Waals surface area contributed by atoms with Gasteiger partial charge in [0.05, 0.1) is 19.8 Å². The number of aliphatic hydroxyl groups is 1. The Hall–Kier alpha value is -1.14. The van der Waals surface area contributed by atoms with E-state index >= 15 is 0 Å². The Morgan fingerprint density at radius 2 is 2.11 bits per heavy atom. The van der Waals surface area contributed by atoms with E-state index in [1.54, 1.807) is 14.2 Å². The lowest BCUT2D eigenvalue weighted by atomic mass is 10.1. The lowest BCUT2D eigenvalue weighted by molar-refractivity contribution is 0.0417. The molecule has 0 heterocycles. The molecule has 19 heavy (non-hydrogen) atoms. The van der Waals surface area contributed by atoms with Crippen molar-refractivity contribution in [3.05, 3.63) is 29.3 Å². The number of rotatable bonds is 8. The van der Waals surface area contributed by atoms with Crippen LogP contribution in [-0.4, -0.2) is 50.5 Å². The molecule has 0 saturated carbocycles. The maximum Gasteiger partial charge on any atom is 0.123 e. The van der Waals surface area contributed by atoms with Gasteiger partial charge in [-0.3, -0.25) is 4.90 Å². The summed E-state index contributed by atoms with van der Waals surface area (Å²) in [4.78, 5) is 2.03. The van der Waals surface area contributed by atoms with Crippen LogP contribution in [0.25, 0.3) is 0 Å². The first kappa shape index (κ1) is 15.9.